The van der Waals surface area contributed by atoms with Gasteiger partial charge in [-0.2, -0.15) is 0 Å². The van der Waals surface area contributed by atoms with Crippen molar-refractivity contribution in [1.29, 1.82) is 0 Å². The number of rotatable bonds is 3. The van der Waals surface area contributed by atoms with Crippen LogP contribution in [0.2, 0.25) is 0 Å². The zero-order valence-corrected chi connectivity index (χ0v) is 10.6. The van der Waals surface area contributed by atoms with Gasteiger partial charge in [0.2, 0.25) is 5.91 Å². The minimum absolute atomic E-state index is 0.227. The number of benzene rings is 1. The zero-order chi connectivity index (χ0) is 13.1. The van der Waals surface area contributed by atoms with E-state index in [-0.39, 0.29) is 11.8 Å². The van der Waals surface area contributed by atoms with E-state index in [1.807, 2.05) is 24.3 Å². The predicted molar refractivity (Wildman–Crippen MR) is 67.3 cm³/mol. The molecule has 1 aromatic carbocycles. The van der Waals surface area contributed by atoms with Gasteiger partial charge in [-0.3, -0.25) is 14.9 Å². The Bertz CT molecular complexity index is 451. The molecule has 18 heavy (non-hydrogen) atoms. The van der Waals surface area contributed by atoms with Crippen LogP contribution in [0, 0.1) is 0 Å². The molecule has 1 N–H and O–H groups in total. The van der Waals surface area contributed by atoms with E-state index in [2.05, 4.69) is 19.2 Å². The number of carbonyl (C=O) groups excluding carboxylic acids is 2. The number of hydrogen-bond donors (Lipinski definition) is 1. The molecule has 0 spiro atoms. The summed E-state index contributed by atoms with van der Waals surface area (Å²) >= 11 is 0. The van der Waals surface area contributed by atoms with Crippen molar-refractivity contribution in [2.24, 2.45) is 0 Å². The highest BCUT2D eigenvalue weighted by atomic mass is 16.5. The maximum atomic E-state index is 11.5. The highest BCUT2D eigenvalue weighted by Crippen LogP contribution is 2.21. The van der Waals surface area contributed by atoms with Crippen molar-refractivity contribution in [2.75, 3.05) is 0 Å². The lowest BCUT2D eigenvalue weighted by Gasteiger charge is -2.22. The molecule has 1 fully saturated rings. The van der Waals surface area contributed by atoms with Crippen LogP contribution in [0.3, 0.4) is 0 Å². The number of piperidine rings is 1. The van der Waals surface area contributed by atoms with Crippen LogP contribution in [-0.2, 0) is 9.59 Å². The van der Waals surface area contributed by atoms with Crippen molar-refractivity contribution in [3.8, 4) is 5.75 Å². The molecule has 1 unspecified atom stereocenters. The first-order valence-corrected chi connectivity index (χ1v) is 6.16. The molecule has 4 heteroatoms. The van der Waals surface area contributed by atoms with E-state index in [0.29, 0.717) is 24.5 Å². The van der Waals surface area contributed by atoms with E-state index in [1.165, 1.54) is 5.56 Å². The lowest BCUT2D eigenvalue weighted by atomic mass is 10.0. The van der Waals surface area contributed by atoms with Gasteiger partial charge in [0.1, 0.15) is 5.75 Å². The van der Waals surface area contributed by atoms with Gasteiger partial charge in [-0.25, -0.2) is 0 Å². The van der Waals surface area contributed by atoms with Gasteiger partial charge < -0.3 is 4.74 Å². The van der Waals surface area contributed by atoms with E-state index in [1.54, 1.807) is 0 Å². The lowest BCUT2D eigenvalue weighted by Crippen LogP contribution is -2.46. The summed E-state index contributed by atoms with van der Waals surface area (Å²) in [7, 11) is 0. The molecule has 1 aliphatic rings. The summed E-state index contributed by atoms with van der Waals surface area (Å²) in [5, 5.41) is 2.28. The smallest absolute Gasteiger partial charge is 0.267 e. The Morgan fingerprint density at radius 3 is 2.44 bits per heavy atom. The summed E-state index contributed by atoms with van der Waals surface area (Å²) in [6.45, 7) is 4.24. The van der Waals surface area contributed by atoms with Crippen molar-refractivity contribution in [3.63, 3.8) is 0 Å². The van der Waals surface area contributed by atoms with Crippen LogP contribution in [0.25, 0.3) is 0 Å². The largest absolute Gasteiger partial charge is 0.481 e. The molecule has 0 saturated carbocycles. The van der Waals surface area contributed by atoms with E-state index in [0.717, 1.165) is 0 Å². The fraction of sp³-hybridized carbons (Fsp3) is 0.429. The standard InChI is InChI=1S/C14H17NO3/c1-9(2)10-3-5-11(6-4-10)18-12-7-8-13(16)15-14(12)17/h3-6,9,12H,7-8H2,1-2H3,(H,15,16,17). The van der Waals surface area contributed by atoms with Gasteiger partial charge >= 0.3 is 0 Å². The highest BCUT2D eigenvalue weighted by Gasteiger charge is 2.28. The second-order valence-electron chi connectivity index (χ2n) is 4.78. The molecule has 96 valence electrons. The van der Waals surface area contributed by atoms with Gasteiger partial charge in [0.05, 0.1) is 0 Å². The van der Waals surface area contributed by atoms with Crippen LogP contribution in [-0.4, -0.2) is 17.9 Å². The van der Waals surface area contributed by atoms with Gasteiger partial charge in [-0.15, -0.1) is 0 Å². The Labute approximate surface area is 106 Å². The Morgan fingerprint density at radius 1 is 1.22 bits per heavy atom. The fourth-order valence-electron chi connectivity index (χ4n) is 1.88. The van der Waals surface area contributed by atoms with Gasteiger partial charge in [-0.05, 0) is 23.6 Å². The molecule has 1 saturated heterocycles. The molecule has 1 atom stereocenters. The summed E-state index contributed by atoms with van der Waals surface area (Å²) < 4.78 is 5.59. The van der Waals surface area contributed by atoms with E-state index in [9.17, 15) is 9.59 Å². The van der Waals surface area contributed by atoms with E-state index >= 15 is 0 Å². The van der Waals surface area contributed by atoms with Crippen LogP contribution in [0.1, 0.15) is 38.2 Å². The fourth-order valence-corrected chi connectivity index (χ4v) is 1.88. The van der Waals surface area contributed by atoms with Gasteiger partial charge in [0, 0.05) is 12.8 Å². The molecule has 0 aliphatic carbocycles. The Balaban J connectivity index is 2.01. The summed E-state index contributed by atoms with van der Waals surface area (Å²) in [6, 6.07) is 7.70. The molecular weight excluding hydrogens is 230 g/mol. The topological polar surface area (TPSA) is 55.4 Å². The van der Waals surface area contributed by atoms with Crippen LogP contribution < -0.4 is 10.1 Å². The van der Waals surface area contributed by atoms with Crippen molar-refractivity contribution in [1.82, 2.24) is 5.32 Å². The second-order valence-corrected chi connectivity index (χ2v) is 4.78. The summed E-state index contributed by atoms with van der Waals surface area (Å²) in [5.74, 6) is 0.553. The molecule has 1 aliphatic heterocycles. The molecule has 0 aromatic heterocycles. The Morgan fingerprint density at radius 2 is 1.89 bits per heavy atom. The molecular formula is C14H17NO3. The minimum Gasteiger partial charge on any atom is -0.481 e. The quantitative estimate of drug-likeness (QED) is 0.831. The molecule has 2 rings (SSSR count). The molecule has 0 radical (unpaired) electrons. The molecule has 4 nitrogen and oxygen atoms in total. The predicted octanol–water partition coefficient (Wildman–Crippen LogP) is 1.99. The summed E-state index contributed by atoms with van der Waals surface area (Å²) in [5.41, 5.74) is 1.23. The molecule has 2 amide bonds. The van der Waals surface area contributed by atoms with Crippen molar-refractivity contribution < 1.29 is 14.3 Å². The third-order valence-electron chi connectivity index (χ3n) is 3.01. The van der Waals surface area contributed by atoms with Gasteiger partial charge in [0.25, 0.3) is 5.91 Å². The minimum atomic E-state index is -0.562. The second kappa shape index (κ2) is 5.21. The molecule has 1 aromatic rings. The SMILES string of the molecule is CC(C)c1ccc(OC2CCC(=O)NC2=O)cc1. The average Bonchev–Trinajstić information content (AvgIpc) is 2.33. The van der Waals surface area contributed by atoms with Crippen LogP contribution in [0.5, 0.6) is 5.75 Å². The van der Waals surface area contributed by atoms with Gasteiger partial charge in [-0.1, -0.05) is 26.0 Å². The monoisotopic (exact) mass is 247 g/mol. The average molecular weight is 247 g/mol. The maximum absolute atomic E-state index is 11.5. The highest BCUT2D eigenvalue weighted by molar-refractivity contribution is 5.99. The maximum Gasteiger partial charge on any atom is 0.267 e. The molecule has 0 bridgehead atoms. The van der Waals surface area contributed by atoms with Crippen molar-refractivity contribution >= 4 is 11.8 Å². The van der Waals surface area contributed by atoms with Crippen molar-refractivity contribution in [3.05, 3.63) is 29.8 Å². The van der Waals surface area contributed by atoms with Crippen LogP contribution in [0.15, 0.2) is 24.3 Å². The Hall–Kier alpha value is -1.84. The number of nitrogens with one attached hydrogen (secondary N) is 1. The first kappa shape index (κ1) is 12.6. The summed E-state index contributed by atoms with van der Waals surface area (Å²) in [6.07, 6.45) is 0.212. The number of ether oxygens (including phenoxy) is 1. The zero-order valence-electron chi connectivity index (χ0n) is 10.6. The van der Waals surface area contributed by atoms with E-state index in [4.69, 9.17) is 4.74 Å². The lowest BCUT2D eigenvalue weighted by molar-refractivity contribution is -0.138. The van der Waals surface area contributed by atoms with Crippen molar-refractivity contribution in [2.45, 2.75) is 38.7 Å². The first-order valence-electron chi connectivity index (χ1n) is 6.16. The normalized spacial score (nSPS) is 19.8. The number of amides is 2. The van der Waals surface area contributed by atoms with E-state index < -0.39 is 6.10 Å². The summed E-state index contributed by atoms with van der Waals surface area (Å²) in [4.78, 5) is 22.5. The first-order chi connectivity index (χ1) is 8.56. The number of hydrogen-bond acceptors (Lipinski definition) is 3. The van der Waals surface area contributed by atoms with Gasteiger partial charge in [0.15, 0.2) is 6.10 Å². The van der Waals surface area contributed by atoms with Crippen LogP contribution >= 0.6 is 0 Å². The van der Waals surface area contributed by atoms with Crippen LogP contribution in [0.4, 0.5) is 0 Å². The third kappa shape index (κ3) is 2.88. The third-order valence-corrected chi connectivity index (χ3v) is 3.01. The number of imide groups is 1. The number of carbonyl (C=O) groups is 2. The molecule has 1 heterocycles. The Kier molecular flexibility index (Phi) is 3.65.